The normalized spacial score (nSPS) is 17.4. The number of rotatable bonds is 2. The third-order valence-electron chi connectivity index (χ3n) is 5.92. The van der Waals surface area contributed by atoms with E-state index in [1.807, 2.05) is 13.0 Å². The number of aromatic nitrogens is 5. The smallest absolute Gasteiger partial charge is 0.259 e. The predicted molar refractivity (Wildman–Crippen MR) is 99.1 cm³/mol. The van der Waals surface area contributed by atoms with Gasteiger partial charge in [0.15, 0.2) is 0 Å². The molecule has 5 rings (SSSR count). The summed E-state index contributed by atoms with van der Waals surface area (Å²) < 4.78 is 3.45. The van der Waals surface area contributed by atoms with Crippen molar-refractivity contribution < 1.29 is 0 Å². The Hall–Kier alpha value is -2.76. The molecule has 1 spiro atoms. The molecule has 0 saturated heterocycles. The molecule has 0 N–H and O–H groups in total. The molecule has 26 heavy (non-hydrogen) atoms. The average Bonchev–Trinajstić information content (AvgIpc) is 3.27. The first-order chi connectivity index (χ1) is 12.6. The topological polar surface area (TPSA) is 65.1 Å². The monoisotopic (exact) mass is 347 g/mol. The van der Waals surface area contributed by atoms with Crippen molar-refractivity contribution in [1.82, 2.24) is 24.6 Å². The van der Waals surface area contributed by atoms with Gasteiger partial charge in [0.1, 0.15) is 0 Å². The molecule has 2 heterocycles. The summed E-state index contributed by atoms with van der Waals surface area (Å²) in [6.07, 6.45) is 5.34. The summed E-state index contributed by atoms with van der Waals surface area (Å²) in [7, 11) is 0. The fraction of sp³-hybridized carbons (Fsp3) is 0.400. The molecule has 1 aromatic carbocycles. The van der Waals surface area contributed by atoms with Crippen LogP contribution in [0.5, 0.6) is 0 Å². The number of hydrogen-bond donors (Lipinski definition) is 0. The second kappa shape index (κ2) is 5.37. The highest BCUT2D eigenvalue weighted by atomic mass is 16.1. The lowest BCUT2D eigenvalue weighted by Gasteiger charge is -2.36. The van der Waals surface area contributed by atoms with Crippen LogP contribution in [0.2, 0.25) is 0 Å². The van der Waals surface area contributed by atoms with Crippen LogP contribution in [0.4, 0.5) is 0 Å². The standard InChI is InChI=1S/C20H21N5O/c1-13(2)12-24-18(26)16-17(25-19(24)21-22-23-25)15-8-4-3-7-14(15)11-20(16)9-5-6-10-20/h3-4,7-8H,1,5-6,9-12H2,2H3. The van der Waals surface area contributed by atoms with Gasteiger partial charge in [-0.3, -0.25) is 9.36 Å². The predicted octanol–water partition coefficient (Wildman–Crippen LogP) is 2.90. The molecule has 132 valence electrons. The second-order valence-electron chi connectivity index (χ2n) is 7.78. The van der Waals surface area contributed by atoms with Crippen molar-refractivity contribution in [3.63, 3.8) is 0 Å². The van der Waals surface area contributed by atoms with Crippen LogP contribution in [-0.4, -0.2) is 24.6 Å². The van der Waals surface area contributed by atoms with Crippen LogP contribution in [0.3, 0.4) is 0 Å². The van der Waals surface area contributed by atoms with Gasteiger partial charge in [0.05, 0.1) is 11.3 Å². The van der Waals surface area contributed by atoms with Gasteiger partial charge in [0, 0.05) is 17.5 Å². The number of hydrogen-bond acceptors (Lipinski definition) is 4. The zero-order valence-corrected chi connectivity index (χ0v) is 14.9. The summed E-state index contributed by atoms with van der Waals surface area (Å²) in [6.45, 7) is 6.34. The highest BCUT2D eigenvalue weighted by molar-refractivity contribution is 5.73. The van der Waals surface area contributed by atoms with Gasteiger partial charge < -0.3 is 0 Å². The third kappa shape index (κ3) is 1.98. The van der Waals surface area contributed by atoms with Crippen molar-refractivity contribution in [2.45, 2.75) is 51.0 Å². The molecule has 6 heteroatoms. The van der Waals surface area contributed by atoms with E-state index < -0.39 is 0 Å². The molecule has 2 aromatic heterocycles. The van der Waals surface area contributed by atoms with E-state index in [2.05, 4.69) is 40.3 Å². The number of fused-ring (bicyclic) bond motifs is 6. The summed E-state index contributed by atoms with van der Waals surface area (Å²) in [5.41, 5.74) is 5.01. The molecule has 0 amide bonds. The molecule has 0 atom stereocenters. The Balaban J connectivity index is 1.95. The lowest BCUT2D eigenvalue weighted by Crippen LogP contribution is -2.41. The summed E-state index contributed by atoms with van der Waals surface area (Å²) in [6, 6.07) is 8.35. The summed E-state index contributed by atoms with van der Waals surface area (Å²) in [4.78, 5) is 13.6. The molecule has 2 aliphatic carbocycles. The first kappa shape index (κ1) is 15.5. The van der Waals surface area contributed by atoms with Crippen molar-refractivity contribution in [3.05, 3.63) is 57.9 Å². The molecule has 0 unspecified atom stereocenters. The zero-order valence-electron chi connectivity index (χ0n) is 14.9. The van der Waals surface area contributed by atoms with E-state index in [4.69, 9.17) is 0 Å². The highest BCUT2D eigenvalue weighted by Gasteiger charge is 2.45. The van der Waals surface area contributed by atoms with Gasteiger partial charge in [0.2, 0.25) is 0 Å². The van der Waals surface area contributed by atoms with Gasteiger partial charge in [-0.15, -0.1) is 0 Å². The van der Waals surface area contributed by atoms with Gasteiger partial charge in [-0.1, -0.05) is 54.4 Å². The van der Waals surface area contributed by atoms with Crippen LogP contribution in [0.1, 0.15) is 43.7 Å². The molecular formula is C20H21N5O. The van der Waals surface area contributed by atoms with Crippen molar-refractivity contribution in [2.24, 2.45) is 0 Å². The van der Waals surface area contributed by atoms with E-state index in [1.54, 1.807) is 9.08 Å². The van der Waals surface area contributed by atoms with Gasteiger partial charge in [-0.05, 0) is 42.2 Å². The molecular weight excluding hydrogens is 326 g/mol. The maximum Gasteiger partial charge on any atom is 0.259 e. The van der Waals surface area contributed by atoms with Crippen molar-refractivity contribution >= 4 is 5.78 Å². The van der Waals surface area contributed by atoms with Crippen LogP contribution in [0.25, 0.3) is 17.0 Å². The minimum absolute atomic E-state index is 0.0432. The molecule has 6 nitrogen and oxygen atoms in total. The maximum atomic E-state index is 13.6. The largest absolute Gasteiger partial charge is 0.271 e. The molecule has 2 aliphatic rings. The van der Waals surface area contributed by atoms with Crippen molar-refractivity contribution in [1.29, 1.82) is 0 Å². The van der Waals surface area contributed by atoms with Crippen LogP contribution in [0, 0.1) is 0 Å². The fourth-order valence-electron chi connectivity index (χ4n) is 4.90. The Kier molecular flexibility index (Phi) is 3.20. The van der Waals surface area contributed by atoms with Crippen molar-refractivity contribution in [3.8, 4) is 11.3 Å². The Morgan fingerprint density at radius 1 is 1.27 bits per heavy atom. The molecule has 1 saturated carbocycles. The molecule has 1 fully saturated rings. The number of tetrazole rings is 1. The van der Waals surface area contributed by atoms with Gasteiger partial charge >= 0.3 is 0 Å². The Labute approximate surface area is 151 Å². The SMILES string of the molecule is C=C(C)Cn1c(=O)c2c(n3nnnc13)-c1ccccc1CC21CCCC1. The Morgan fingerprint density at radius 2 is 2.04 bits per heavy atom. The van der Waals surface area contributed by atoms with Crippen LogP contribution in [0.15, 0.2) is 41.2 Å². The quantitative estimate of drug-likeness (QED) is 0.669. The Bertz CT molecular complexity index is 1100. The van der Waals surface area contributed by atoms with E-state index >= 15 is 0 Å². The van der Waals surface area contributed by atoms with Crippen LogP contribution < -0.4 is 5.56 Å². The average molecular weight is 347 g/mol. The molecule has 0 aliphatic heterocycles. The molecule has 3 aromatic rings. The Morgan fingerprint density at radius 3 is 2.81 bits per heavy atom. The molecule has 0 radical (unpaired) electrons. The van der Waals surface area contributed by atoms with E-state index in [0.717, 1.165) is 54.5 Å². The number of nitrogens with zero attached hydrogens (tertiary/aromatic N) is 5. The van der Waals surface area contributed by atoms with Crippen LogP contribution in [-0.2, 0) is 18.4 Å². The first-order valence-electron chi connectivity index (χ1n) is 9.19. The number of benzene rings is 1. The minimum Gasteiger partial charge on any atom is -0.271 e. The highest BCUT2D eigenvalue weighted by Crippen LogP contribution is 2.50. The zero-order chi connectivity index (χ0) is 17.9. The second-order valence-corrected chi connectivity index (χ2v) is 7.78. The minimum atomic E-state index is -0.0995. The van der Waals surface area contributed by atoms with Gasteiger partial charge in [-0.2, -0.15) is 4.52 Å². The summed E-state index contributed by atoms with van der Waals surface area (Å²) in [5, 5.41) is 12.3. The van der Waals surface area contributed by atoms with E-state index in [-0.39, 0.29) is 11.0 Å². The van der Waals surface area contributed by atoms with Gasteiger partial charge in [-0.25, -0.2) is 0 Å². The van der Waals surface area contributed by atoms with E-state index in [9.17, 15) is 4.79 Å². The van der Waals surface area contributed by atoms with Gasteiger partial charge in [0.25, 0.3) is 11.3 Å². The number of allylic oxidation sites excluding steroid dienone is 1. The molecule has 0 bridgehead atoms. The summed E-state index contributed by atoms with van der Waals surface area (Å²) in [5.74, 6) is 0.488. The maximum absolute atomic E-state index is 13.6. The van der Waals surface area contributed by atoms with E-state index in [0.29, 0.717) is 12.3 Å². The first-order valence-corrected chi connectivity index (χ1v) is 9.19. The summed E-state index contributed by atoms with van der Waals surface area (Å²) >= 11 is 0. The third-order valence-corrected chi connectivity index (χ3v) is 5.92. The van der Waals surface area contributed by atoms with E-state index in [1.165, 1.54) is 5.56 Å². The lowest BCUT2D eigenvalue weighted by molar-refractivity contribution is 0.421. The fourth-order valence-corrected chi connectivity index (χ4v) is 4.90. The van der Waals surface area contributed by atoms with Crippen molar-refractivity contribution in [2.75, 3.05) is 0 Å². The lowest BCUT2D eigenvalue weighted by atomic mass is 9.68. The van der Waals surface area contributed by atoms with Crippen LogP contribution >= 0.6 is 0 Å².